The van der Waals surface area contributed by atoms with E-state index in [9.17, 15) is 9.59 Å². The number of carbonyl (C=O) groups is 2. The van der Waals surface area contributed by atoms with E-state index in [0.717, 1.165) is 25.1 Å². The molecule has 3 rings (SSSR count). The lowest BCUT2D eigenvalue weighted by molar-refractivity contribution is 0.0503. The fraction of sp³-hybridized carbons (Fsp3) is 0.350. The van der Waals surface area contributed by atoms with Crippen molar-refractivity contribution in [2.24, 2.45) is 0 Å². The molecule has 1 aliphatic heterocycles. The molecule has 1 saturated heterocycles. The summed E-state index contributed by atoms with van der Waals surface area (Å²) in [5, 5.41) is 0. The number of pyridine rings is 1. The lowest BCUT2D eigenvalue weighted by Crippen LogP contribution is -2.37. The number of hydrogen-bond acceptors (Lipinski definition) is 4. The first-order valence-corrected chi connectivity index (χ1v) is 8.56. The molecule has 130 valence electrons. The van der Waals surface area contributed by atoms with Gasteiger partial charge >= 0.3 is 0 Å². The summed E-state index contributed by atoms with van der Waals surface area (Å²) in [5.41, 5.74) is 1.70. The molecule has 0 aliphatic carbocycles. The zero-order valence-corrected chi connectivity index (χ0v) is 14.4. The Morgan fingerprint density at radius 3 is 2.56 bits per heavy atom. The fourth-order valence-electron chi connectivity index (χ4n) is 3.09. The van der Waals surface area contributed by atoms with Gasteiger partial charge in [-0.3, -0.25) is 14.6 Å². The molecule has 1 aliphatic rings. The summed E-state index contributed by atoms with van der Waals surface area (Å²) in [7, 11) is 0. The molecule has 1 amide bonds. The van der Waals surface area contributed by atoms with Crippen molar-refractivity contribution in [3.05, 3.63) is 65.5 Å². The maximum atomic E-state index is 13.2. The largest absolute Gasteiger partial charge is 0.376 e. The highest BCUT2D eigenvalue weighted by atomic mass is 16.5. The van der Waals surface area contributed by atoms with Gasteiger partial charge in [-0.25, -0.2) is 0 Å². The fourth-order valence-corrected chi connectivity index (χ4v) is 3.09. The molecule has 2 heterocycles. The molecule has 0 bridgehead atoms. The van der Waals surface area contributed by atoms with Crippen LogP contribution in [0.4, 0.5) is 0 Å². The minimum absolute atomic E-state index is 0.0390. The van der Waals surface area contributed by atoms with E-state index < -0.39 is 0 Å². The predicted octanol–water partition coefficient (Wildman–Crippen LogP) is 3.11. The molecule has 1 atom stereocenters. The van der Waals surface area contributed by atoms with Gasteiger partial charge < -0.3 is 9.64 Å². The van der Waals surface area contributed by atoms with Gasteiger partial charge in [0.05, 0.1) is 23.9 Å². The topological polar surface area (TPSA) is 59.5 Å². The third-order valence-corrected chi connectivity index (χ3v) is 4.35. The minimum Gasteiger partial charge on any atom is -0.376 e. The van der Waals surface area contributed by atoms with Crippen LogP contribution in [-0.2, 0) is 11.3 Å². The SMILES string of the molecule is CC(=O)c1ccccc1C(=O)N(Cc1ccccn1)CC1CCCO1. The summed E-state index contributed by atoms with van der Waals surface area (Å²) in [6.45, 7) is 3.11. The van der Waals surface area contributed by atoms with Gasteiger partial charge in [-0.15, -0.1) is 0 Å². The van der Waals surface area contributed by atoms with Crippen molar-refractivity contribution >= 4 is 11.7 Å². The summed E-state index contributed by atoms with van der Waals surface area (Å²) in [6, 6.07) is 12.6. The number of amides is 1. The van der Waals surface area contributed by atoms with Crippen LogP contribution in [-0.4, -0.2) is 40.8 Å². The maximum Gasteiger partial charge on any atom is 0.255 e. The molecule has 25 heavy (non-hydrogen) atoms. The average molecular weight is 338 g/mol. The Kier molecular flexibility index (Phi) is 5.56. The van der Waals surface area contributed by atoms with E-state index in [0.29, 0.717) is 24.2 Å². The molecule has 1 aromatic carbocycles. The van der Waals surface area contributed by atoms with E-state index in [2.05, 4.69) is 4.98 Å². The Morgan fingerprint density at radius 1 is 1.16 bits per heavy atom. The second kappa shape index (κ2) is 8.03. The number of hydrogen-bond donors (Lipinski definition) is 0. The summed E-state index contributed by atoms with van der Waals surface area (Å²) < 4.78 is 5.70. The van der Waals surface area contributed by atoms with Crippen LogP contribution in [0.5, 0.6) is 0 Å². The van der Waals surface area contributed by atoms with Crippen LogP contribution in [0.2, 0.25) is 0 Å². The smallest absolute Gasteiger partial charge is 0.255 e. The van der Waals surface area contributed by atoms with Crippen LogP contribution in [0.25, 0.3) is 0 Å². The predicted molar refractivity (Wildman–Crippen MR) is 94.4 cm³/mol. The normalized spacial score (nSPS) is 16.6. The molecule has 0 saturated carbocycles. The standard InChI is InChI=1S/C20H22N2O3/c1-15(23)18-9-2-3-10-19(18)20(24)22(14-17-8-6-12-25-17)13-16-7-4-5-11-21-16/h2-5,7,9-11,17H,6,8,12-14H2,1H3. The lowest BCUT2D eigenvalue weighted by atomic mass is 10.0. The van der Waals surface area contributed by atoms with Crippen molar-refractivity contribution in [3.63, 3.8) is 0 Å². The van der Waals surface area contributed by atoms with Gasteiger partial charge in [0.1, 0.15) is 0 Å². The Hall–Kier alpha value is -2.53. The van der Waals surface area contributed by atoms with Crippen molar-refractivity contribution in [2.45, 2.75) is 32.4 Å². The van der Waals surface area contributed by atoms with Gasteiger partial charge in [-0.05, 0) is 38.0 Å². The third-order valence-electron chi connectivity index (χ3n) is 4.35. The highest BCUT2D eigenvalue weighted by molar-refractivity contribution is 6.07. The molecule has 0 spiro atoms. The monoisotopic (exact) mass is 338 g/mol. The number of benzene rings is 1. The summed E-state index contributed by atoms with van der Waals surface area (Å²) in [6.07, 6.45) is 3.71. The van der Waals surface area contributed by atoms with Crippen molar-refractivity contribution < 1.29 is 14.3 Å². The molecule has 1 aromatic heterocycles. The number of ether oxygens (including phenoxy) is 1. The van der Waals surface area contributed by atoms with Gasteiger partial charge in [0.25, 0.3) is 5.91 Å². The van der Waals surface area contributed by atoms with Crippen molar-refractivity contribution in [1.82, 2.24) is 9.88 Å². The van der Waals surface area contributed by atoms with E-state index in [1.807, 2.05) is 18.2 Å². The van der Waals surface area contributed by atoms with Gasteiger partial charge in [-0.1, -0.05) is 24.3 Å². The quantitative estimate of drug-likeness (QED) is 0.760. The summed E-state index contributed by atoms with van der Waals surface area (Å²) in [4.78, 5) is 31.1. The lowest BCUT2D eigenvalue weighted by Gasteiger charge is -2.26. The van der Waals surface area contributed by atoms with Gasteiger partial charge in [0.15, 0.2) is 5.78 Å². The number of aromatic nitrogens is 1. The van der Waals surface area contributed by atoms with Crippen LogP contribution >= 0.6 is 0 Å². The molecule has 0 N–H and O–H groups in total. The zero-order valence-electron chi connectivity index (χ0n) is 14.4. The van der Waals surface area contributed by atoms with Gasteiger partial charge in [0.2, 0.25) is 0 Å². The van der Waals surface area contributed by atoms with Crippen molar-refractivity contribution in [2.75, 3.05) is 13.2 Å². The third kappa shape index (κ3) is 4.31. The van der Waals surface area contributed by atoms with Crippen LogP contribution in [0.3, 0.4) is 0 Å². The van der Waals surface area contributed by atoms with E-state index in [-0.39, 0.29) is 17.8 Å². The summed E-state index contributed by atoms with van der Waals surface area (Å²) >= 11 is 0. The van der Waals surface area contributed by atoms with Crippen molar-refractivity contribution in [1.29, 1.82) is 0 Å². The van der Waals surface area contributed by atoms with Crippen LogP contribution in [0.15, 0.2) is 48.7 Å². The molecular formula is C20H22N2O3. The van der Waals surface area contributed by atoms with E-state index in [1.165, 1.54) is 6.92 Å². The van der Waals surface area contributed by atoms with Crippen LogP contribution in [0, 0.1) is 0 Å². The maximum absolute atomic E-state index is 13.2. The minimum atomic E-state index is -0.160. The van der Waals surface area contributed by atoms with E-state index >= 15 is 0 Å². The summed E-state index contributed by atoms with van der Waals surface area (Å²) in [5.74, 6) is -0.272. The molecule has 5 nitrogen and oxygen atoms in total. The first kappa shape index (κ1) is 17.3. The Morgan fingerprint density at radius 2 is 1.92 bits per heavy atom. The molecule has 0 radical (unpaired) electrons. The van der Waals surface area contributed by atoms with Crippen molar-refractivity contribution in [3.8, 4) is 0 Å². The van der Waals surface area contributed by atoms with Crippen LogP contribution < -0.4 is 0 Å². The molecule has 1 fully saturated rings. The number of rotatable bonds is 6. The first-order valence-electron chi connectivity index (χ1n) is 8.56. The average Bonchev–Trinajstić information content (AvgIpc) is 3.14. The van der Waals surface area contributed by atoms with E-state index in [1.54, 1.807) is 35.4 Å². The van der Waals surface area contributed by atoms with Gasteiger partial charge in [-0.2, -0.15) is 0 Å². The Balaban J connectivity index is 1.87. The zero-order chi connectivity index (χ0) is 17.6. The number of ketones is 1. The Labute approximate surface area is 147 Å². The number of Topliss-reactive ketones (excluding diaryl/α,β-unsaturated/α-hetero) is 1. The number of nitrogens with zero attached hydrogens (tertiary/aromatic N) is 2. The second-order valence-corrected chi connectivity index (χ2v) is 6.24. The van der Waals surface area contributed by atoms with Crippen LogP contribution in [0.1, 0.15) is 46.2 Å². The molecule has 1 unspecified atom stereocenters. The molecule has 5 heteroatoms. The highest BCUT2D eigenvalue weighted by Crippen LogP contribution is 2.19. The van der Waals surface area contributed by atoms with E-state index in [4.69, 9.17) is 4.74 Å². The first-order chi connectivity index (χ1) is 12.1. The van der Waals surface area contributed by atoms with Gasteiger partial charge in [0, 0.05) is 24.9 Å². The Bertz CT molecular complexity index is 740. The molecule has 2 aromatic rings. The highest BCUT2D eigenvalue weighted by Gasteiger charge is 2.25. The molecular weight excluding hydrogens is 316 g/mol. The second-order valence-electron chi connectivity index (χ2n) is 6.24. The number of carbonyl (C=O) groups excluding carboxylic acids is 2.